The van der Waals surface area contributed by atoms with E-state index in [4.69, 9.17) is 0 Å². The molecule has 240 valence electrons. The lowest BCUT2D eigenvalue weighted by atomic mass is 9.80. The molecule has 0 bridgehead atoms. The van der Waals surface area contributed by atoms with Crippen molar-refractivity contribution in [2.24, 2.45) is 13.0 Å². The number of thioether (sulfide) groups is 1. The summed E-state index contributed by atoms with van der Waals surface area (Å²) in [5.74, 6) is -2.34. The van der Waals surface area contributed by atoms with Crippen molar-refractivity contribution < 1.29 is 13.6 Å². The minimum atomic E-state index is -2.51. The minimum Gasteiger partial charge on any atom is -0.348 e. The monoisotopic (exact) mass is 636 g/mol. The van der Waals surface area contributed by atoms with Gasteiger partial charge in [0.2, 0.25) is 0 Å². The predicted octanol–water partition coefficient (Wildman–Crippen LogP) is 6.51. The molecule has 1 unspecified atom stereocenters. The van der Waals surface area contributed by atoms with E-state index in [2.05, 4.69) is 38.3 Å². The Kier molecular flexibility index (Phi) is 8.69. The number of fused-ring (bicyclic) bond motifs is 1. The van der Waals surface area contributed by atoms with Crippen molar-refractivity contribution in [3.05, 3.63) is 69.5 Å². The Hall–Kier alpha value is -3.44. The predicted molar refractivity (Wildman–Crippen MR) is 175 cm³/mol. The number of amides is 1. The Morgan fingerprint density at radius 3 is 2.51 bits per heavy atom. The number of nitrogens with one attached hydrogen (secondary N) is 3. The quantitative estimate of drug-likeness (QED) is 0.182. The smallest absolute Gasteiger partial charge is 0.254 e. The molecule has 2 aliphatic carbocycles. The van der Waals surface area contributed by atoms with Crippen molar-refractivity contribution in [2.75, 3.05) is 6.26 Å². The van der Waals surface area contributed by atoms with Crippen molar-refractivity contribution in [2.45, 2.75) is 94.8 Å². The maximum absolute atomic E-state index is 13.9. The number of pyridine rings is 1. The second-order valence-electron chi connectivity index (χ2n) is 13.0. The fraction of sp³-hybridized carbons (Fsp3) is 0.500. The van der Waals surface area contributed by atoms with E-state index in [1.807, 2.05) is 57.7 Å². The van der Waals surface area contributed by atoms with Gasteiger partial charge < -0.3 is 20.2 Å². The van der Waals surface area contributed by atoms with Crippen LogP contribution >= 0.6 is 11.8 Å². The SMILES string of the molecule is CSc1cc(C)[nH]c(=O)c1CNC(=O)c1c(C)n(C(C)C2CCC(NC3CC(F)(F)C3)CC2)c2cc(-c3cnn(C)c3)ccc12. The number of aromatic nitrogens is 4. The molecule has 45 heavy (non-hydrogen) atoms. The molecule has 3 heterocycles. The summed E-state index contributed by atoms with van der Waals surface area (Å²) in [7, 11) is 1.89. The maximum Gasteiger partial charge on any atom is 0.254 e. The number of carbonyl (C=O) groups excluding carboxylic acids is 1. The van der Waals surface area contributed by atoms with Gasteiger partial charge in [-0.1, -0.05) is 12.1 Å². The van der Waals surface area contributed by atoms with E-state index in [1.165, 1.54) is 11.8 Å². The van der Waals surface area contributed by atoms with Gasteiger partial charge in [-0.05, 0) is 76.3 Å². The van der Waals surface area contributed by atoms with E-state index >= 15 is 0 Å². The summed E-state index contributed by atoms with van der Waals surface area (Å²) in [5.41, 5.74) is 5.65. The molecule has 0 aliphatic heterocycles. The molecule has 0 radical (unpaired) electrons. The van der Waals surface area contributed by atoms with Crippen LogP contribution in [0.5, 0.6) is 0 Å². The summed E-state index contributed by atoms with van der Waals surface area (Å²) in [4.78, 5) is 30.4. The summed E-state index contributed by atoms with van der Waals surface area (Å²) in [6.45, 7) is 6.21. The molecule has 0 saturated heterocycles. The fourth-order valence-corrected chi connectivity index (χ4v) is 8.09. The summed E-state index contributed by atoms with van der Waals surface area (Å²) < 4.78 is 30.8. The zero-order valence-corrected chi connectivity index (χ0v) is 27.4. The fourth-order valence-electron chi connectivity index (χ4n) is 7.38. The summed E-state index contributed by atoms with van der Waals surface area (Å²) >= 11 is 1.49. The van der Waals surface area contributed by atoms with Gasteiger partial charge in [0.25, 0.3) is 17.4 Å². The zero-order chi connectivity index (χ0) is 32.0. The van der Waals surface area contributed by atoms with Crippen LogP contribution in [0.1, 0.15) is 78.8 Å². The number of nitrogens with zero attached hydrogens (tertiary/aromatic N) is 3. The van der Waals surface area contributed by atoms with Crippen molar-refractivity contribution in [1.82, 2.24) is 30.0 Å². The Bertz CT molecular complexity index is 1780. The van der Waals surface area contributed by atoms with Crippen LogP contribution in [0.2, 0.25) is 0 Å². The van der Waals surface area contributed by atoms with Crippen LogP contribution in [0.25, 0.3) is 22.0 Å². The molecule has 2 aliphatic rings. The summed E-state index contributed by atoms with van der Waals surface area (Å²) in [5, 5.41) is 11.7. The third-order valence-corrected chi connectivity index (χ3v) is 10.6. The zero-order valence-electron chi connectivity index (χ0n) is 26.5. The van der Waals surface area contributed by atoms with E-state index in [9.17, 15) is 18.4 Å². The molecule has 2 saturated carbocycles. The highest BCUT2D eigenvalue weighted by atomic mass is 32.2. The Balaban J connectivity index is 1.29. The van der Waals surface area contributed by atoms with Crippen LogP contribution < -0.4 is 16.2 Å². The summed E-state index contributed by atoms with van der Waals surface area (Å²) in [6, 6.07) is 8.43. The third kappa shape index (κ3) is 6.34. The molecule has 1 atom stereocenters. The largest absolute Gasteiger partial charge is 0.348 e. The number of hydrogen-bond acceptors (Lipinski definition) is 5. The van der Waals surface area contributed by atoms with E-state index in [0.717, 1.165) is 64.0 Å². The van der Waals surface area contributed by atoms with Crippen LogP contribution in [-0.4, -0.2) is 49.5 Å². The van der Waals surface area contributed by atoms with E-state index in [1.54, 1.807) is 4.68 Å². The molecular formula is C34H42F2N6O2S. The number of benzene rings is 1. The van der Waals surface area contributed by atoms with Crippen LogP contribution in [0.4, 0.5) is 8.78 Å². The number of H-pyrrole nitrogens is 1. The maximum atomic E-state index is 13.9. The first kappa shape index (κ1) is 31.5. The molecule has 1 aromatic carbocycles. The van der Waals surface area contributed by atoms with Crippen LogP contribution in [0.15, 0.2) is 46.3 Å². The van der Waals surface area contributed by atoms with Crippen molar-refractivity contribution in [3.8, 4) is 11.1 Å². The highest BCUT2D eigenvalue weighted by molar-refractivity contribution is 7.98. The first-order chi connectivity index (χ1) is 21.4. The number of carbonyl (C=O) groups is 1. The number of aryl methyl sites for hydroxylation is 2. The van der Waals surface area contributed by atoms with Crippen LogP contribution in [-0.2, 0) is 13.6 Å². The summed E-state index contributed by atoms with van der Waals surface area (Å²) in [6.07, 6.45) is 9.50. The molecule has 8 nitrogen and oxygen atoms in total. The Morgan fingerprint density at radius 1 is 1.13 bits per heavy atom. The second-order valence-corrected chi connectivity index (χ2v) is 13.8. The topological polar surface area (TPSA) is 96.7 Å². The average molecular weight is 637 g/mol. The molecule has 11 heteroatoms. The number of hydrogen-bond donors (Lipinski definition) is 3. The van der Waals surface area contributed by atoms with E-state index in [0.29, 0.717) is 17.0 Å². The molecule has 0 spiro atoms. The molecule has 3 N–H and O–H groups in total. The van der Waals surface area contributed by atoms with E-state index in [-0.39, 0.29) is 49.0 Å². The van der Waals surface area contributed by atoms with Gasteiger partial charge in [-0.2, -0.15) is 5.10 Å². The van der Waals surface area contributed by atoms with Gasteiger partial charge in [-0.15, -0.1) is 11.8 Å². The Morgan fingerprint density at radius 2 is 1.87 bits per heavy atom. The lowest BCUT2D eigenvalue weighted by molar-refractivity contribution is -0.0957. The lowest BCUT2D eigenvalue weighted by Gasteiger charge is -2.41. The number of alkyl halides is 2. The van der Waals surface area contributed by atoms with Gasteiger partial charge in [0.15, 0.2) is 0 Å². The van der Waals surface area contributed by atoms with Gasteiger partial charge in [0.1, 0.15) is 0 Å². The molecular weight excluding hydrogens is 594 g/mol. The molecule has 4 aromatic rings. The molecule has 3 aromatic heterocycles. The van der Waals surface area contributed by atoms with Crippen LogP contribution in [0.3, 0.4) is 0 Å². The lowest BCUT2D eigenvalue weighted by Crippen LogP contribution is -2.52. The molecule has 6 rings (SSSR count). The number of aromatic amines is 1. The number of halogens is 2. The number of rotatable bonds is 9. The van der Waals surface area contributed by atoms with Crippen molar-refractivity contribution in [3.63, 3.8) is 0 Å². The van der Waals surface area contributed by atoms with E-state index < -0.39 is 5.92 Å². The van der Waals surface area contributed by atoms with Gasteiger partial charge in [-0.3, -0.25) is 14.3 Å². The molecule has 2 fully saturated rings. The average Bonchev–Trinajstić information content (AvgIpc) is 3.54. The van der Waals surface area contributed by atoms with Crippen molar-refractivity contribution >= 4 is 28.6 Å². The standard InChI is InChI=1S/C34H42F2N6O2S/c1-19-12-30(45-5)28(32(43)39-19)17-37-33(44)31-21(3)42(29-13-23(8-11-27(29)31)24-16-38-41(4)18-24)20(2)22-6-9-25(10-7-22)40-26-14-34(35,36)15-26/h8,11-13,16,18,20,22,25-26,40H,6-7,9-10,14-15,17H2,1-5H3,(H,37,44)(H,39,43). The normalized spacial score (nSPS) is 20.7. The second kappa shape index (κ2) is 12.4. The highest BCUT2D eigenvalue weighted by Gasteiger charge is 2.46. The highest BCUT2D eigenvalue weighted by Crippen LogP contribution is 2.41. The van der Waals surface area contributed by atoms with Crippen molar-refractivity contribution in [1.29, 1.82) is 0 Å². The van der Waals surface area contributed by atoms with Gasteiger partial charge in [-0.25, -0.2) is 8.78 Å². The van der Waals surface area contributed by atoms with Gasteiger partial charge >= 0.3 is 0 Å². The minimum absolute atomic E-state index is 0.0567. The molecule has 1 amide bonds. The Labute approximate surface area is 266 Å². The first-order valence-corrected chi connectivity index (χ1v) is 17.0. The van der Waals surface area contributed by atoms with Gasteiger partial charge in [0.05, 0.1) is 11.8 Å². The van der Waals surface area contributed by atoms with Crippen LogP contribution in [0, 0.1) is 19.8 Å². The third-order valence-electron chi connectivity index (χ3n) is 9.81. The first-order valence-electron chi connectivity index (χ1n) is 15.8. The van der Waals surface area contributed by atoms with Gasteiger partial charge in [0, 0.05) is 89.1 Å².